The summed E-state index contributed by atoms with van der Waals surface area (Å²) in [5.74, 6) is 0.317. The molecular weight excluding hydrogens is 470 g/mol. The lowest BCUT2D eigenvalue weighted by atomic mass is 10.1. The van der Waals surface area contributed by atoms with Crippen LogP contribution in [0.5, 0.6) is 0 Å². The first-order chi connectivity index (χ1) is 13.0. The summed E-state index contributed by atoms with van der Waals surface area (Å²) in [4.78, 5) is 16.4. The quantitative estimate of drug-likeness (QED) is 0.309. The molecule has 0 saturated carbocycles. The van der Waals surface area contributed by atoms with E-state index < -0.39 is 0 Å². The van der Waals surface area contributed by atoms with Crippen molar-refractivity contribution >= 4 is 35.8 Å². The van der Waals surface area contributed by atoms with Gasteiger partial charge >= 0.3 is 0 Å². The number of benzene rings is 2. The lowest BCUT2D eigenvalue weighted by Crippen LogP contribution is -2.36. The van der Waals surface area contributed by atoms with Gasteiger partial charge in [-0.1, -0.05) is 31.2 Å². The van der Waals surface area contributed by atoms with Gasteiger partial charge in [-0.15, -0.1) is 24.0 Å². The average Bonchev–Trinajstić information content (AvgIpc) is 2.69. The van der Waals surface area contributed by atoms with E-state index in [4.69, 9.17) is 0 Å². The van der Waals surface area contributed by atoms with Crippen LogP contribution in [0, 0.1) is 5.82 Å². The van der Waals surface area contributed by atoms with E-state index in [2.05, 4.69) is 20.9 Å². The minimum atomic E-state index is -0.251. The third-order valence-electron chi connectivity index (χ3n) is 4.24. The highest BCUT2D eigenvalue weighted by molar-refractivity contribution is 14.0. The van der Waals surface area contributed by atoms with Crippen molar-refractivity contribution in [2.24, 2.45) is 4.99 Å². The molecule has 0 aliphatic carbocycles. The van der Waals surface area contributed by atoms with Crippen LogP contribution in [0.4, 0.5) is 4.39 Å². The molecular formula is C21H28FIN4O. The van der Waals surface area contributed by atoms with Crippen LogP contribution in [-0.4, -0.2) is 25.0 Å². The van der Waals surface area contributed by atoms with Gasteiger partial charge in [-0.05, 0) is 48.7 Å². The molecule has 0 bridgehead atoms. The molecule has 0 aliphatic rings. The van der Waals surface area contributed by atoms with Crippen molar-refractivity contribution in [3.63, 3.8) is 0 Å². The number of hydrogen-bond acceptors (Lipinski definition) is 2. The summed E-state index contributed by atoms with van der Waals surface area (Å²) >= 11 is 0. The summed E-state index contributed by atoms with van der Waals surface area (Å²) in [5.41, 5.74) is 2.59. The second-order valence-corrected chi connectivity index (χ2v) is 6.39. The Morgan fingerprint density at radius 1 is 1.07 bits per heavy atom. The lowest BCUT2D eigenvalue weighted by Gasteiger charge is -2.14. The van der Waals surface area contributed by atoms with Crippen molar-refractivity contribution in [2.45, 2.75) is 39.4 Å². The van der Waals surface area contributed by atoms with E-state index >= 15 is 0 Å². The summed E-state index contributed by atoms with van der Waals surface area (Å²) in [6, 6.07) is 14.0. The number of aliphatic imine (C=N–C) groups is 1. The average molecular weight is 498 g/mol. The maximum Gasteiger partial charge on any atom is 0.251 e. The number of carbonyl (C=O) groups is 1. The minimum Gasteiger partial charge on any atom is -0.352 e. The smallest absolute Gasteiger partial charge is 0.251 e. The molecule has 2 aromatic rings. The number of carbonyl (C=O) groups excluding carboxylic acids is 1. The first-order valence-corrected chi connectivity index (χ1v) is 9.10. The zero-order valence-corrected chi connectivity index (χ0v) is 18.8. The van der Waals surface area contributed by atoms with Gasteiger partial charge in [0.05, 0.1) is 0 Å². The number of nitrogens with zero attached hydrogens (tertiary/aromatic N) is 1. The predicted molar refractivity (Wildman–Crippen MR) is 123 cm³/mol. The molecule has 0 aromatic heterocycles. The molecule has 28 heavy (non-hydrogen) atoms. The molecule has 3 N–H and O–H groups in total. The molecule has 1 atom stereocenters. The first kappa shape index (κ1) is 23.9. The first-order valence-electron chi connectivity index (χ1n) is 9.10. The van der Waals surface area contributed by atoms with Crippen molar-refractivity contribution in [3.8, 4) is 0 Å². The van der Waals surface area contributed by atoms with E-state index in [1.807, 2.05) is 38.1 Å². The van der Waals surface area contributed by atoms with Gasteiger partial charge in [-0.25, -0.2) is 4.39 Å². The van der Waals surface area contributed by atoms with E-state index in [1.165, 1.54) is 12.1 Å². The fourth-order valence-corrected chi connectivity index (χ4v) is 2.43. The molecule has 1 amide bonds. The van der Waals surface area contributed by atoms with E-state index in [-0.39, 0.29) is 41.7 Å². The minimum absolute atomic E-state index is 0. The van der Waals surface area contributed by atoms with Crippen LogP contribution in [0.2, 0.25) is 0 Å². The standard InChI is InChI=1S/C21H27FN4O.HI/c1-4-15(2)26-20(27)18-7-5-6-17(12-18)14-25-21(23-3)24-13-16-8-10-19(22)11-9-16;/h5-12,15H,4,13-14H2,1-3H3,(H,26,27)(H2,23,24,25);1H. The summed E-state index contributed by atoms with van der Waals surface area (Å²) in [6.07, 6.45) is 0.892. The van der Waals surface area contributed by atoms with E-state index in [0.29, 0.717) is 24.6 Å². The van der Waals surface area contributed by atoms with Crippen LogP contribution < -0.4 is 16.0 Å². The second kappa shape index (κ2) is 12.3. The molecule has 5 nitrogen and oxygen atoms in total. The number of halogens is 2. The van der Waals surface area contributed by atoms with E-state index in [1.54, 1.807) is 19.2 Å². The number of rotatable bonds is 7. The van der Waals surface area contributed by atoms with Crippen molar-refractivity contribution in [1.82, 2.24) is 16.0 Å². The Morgan fingerprint density at radius 3 is 2.32 bits per heavy atom. The fraction of sp³-hybridized carbons (Fsp3) is 0.333. The SMILES string of the molecule is CCC(C)NC(=O)c1cccc(CNC(=NC)NCc2ccc(F)cc2)c1.I. The molecule has 0 aliphatic heterocycles. The highest BCUT2D eigenvalue weighted by Crippen LogP contribution is 2.06. The molecule has 7 heteroatoms. The van der Waals surface area contributed by atoms with Gasteiger partial charge in [-0.2, -0.15) is 0 Å². The Labute approximate surface area is 183 Å². The highest BCUT2D eigenvalue weighted by Gasteiger charge is 2.09. The highest BCUT2D eigenvalue weighted by atomic mass is 127. The topological polar surface area (TPSA) is 65.5 Å². The van der Waals surface area contributed by atoms with Crippen molar-refractivity contribution in [1.29, 1.82) is 0 Å². The lowest BCUT2D eigenvalue weighted by molar-refractivity contribution is 0.0939. The summed E-state index contributed by atoms with van der Waals surface area (Å²) in [5, 5.41) is 9.37. The summed E-state index contributed by atoms with van der Waals surface area (Å²) in [7, 11) is 1.69. The number of nitrogens with one attached hydrogen (secondary N) is 3. The molecule has 0 heterocycles. The summed E-state index contributed by atoms with van der Waals surface area (Å²) in [6.45, 7) is 5.10. The Kier molecular flexibility index (Phi) is 10.5. The molecule has 0 fully saturated rings. The third kappa shape index (κ3) is 7.84. The molecule has 2 aromatic carbocycles. The van der Waals surface area contributed by atoms with Gasteiger partial charge in [-0.3, -0.25) is 9.79 Å². The van der Waals surface area contributed by atoms with Crippen LogP contribution >= 0.6 is 24.0 Å². The van der Waals surface area contributed by atoms with Crippen molar-refractivity contribution < 1.29 is 9.18 Å². The normalized spacial score (nSPS) is 11.9. The van der Waals surface area contributed by atoms with Crippen LogP contribution in [-0.2, 0) is 13.1 Å². The second-order valence-electron chi connectivity index (χ2n) is 6.39. The van der Waals surface area contributed by atoms with Gasteiger partial charge in [0, 0.05) is 31.7 Å². The molecule has 0 saturated heterocycles. The zero-order chi connectivity index (χ0) is 19.6. The van der Waals surface area contributed by atoms with Crippen LogP contribution in [0.3, 0.4) is 0 Å². The van der Waals surface area contributed by atoms with Gasteiger partial charge < -0.3 is 16.0 Å². The predicted octanol–water partition coefficient (Wildman–Crippen LogP) is 3.84. The van der Waals surface area contributed by atoms with Crippen molar-refractivity contribution in [3.05, 3.63) is 71.0 Å². The molecule has 0 spiro atoms. The Morgan fingerprint density at radius 2 is 1.71 bits per heavy atom. The van der Waals surface area contributed by atoms with Gasteiger partial charge in [0.1, 0.15) is 5.82 Å². The van der Waals surface area contributed by atoms with Gasteiger partial charge in [0.2, 0.25) is 0 Å². The van der Waals surface area contributed by atoms with Crippen LogP contribution in [0.25, 0.3) is 0 Å². The summed E-state index contributed by atoms with van der Waals surface area (Å²) < 4.78 is 13.0. The third-order valence-corrected chi connectivity index (χ3v) is 4.24. The number of hydrogen-bond donors (Lipinski definition) is 3. The largest absolute Gasteiger partial charge is 0.352 e. The van der Waals surface area contributed by atoms with Crippen LogP contribution in [0.15, 0.2) is 53.5 Å². The Hall–Kier alpha value is -2.16. The molecule has 2 rings (SSSR count). The maximum absolute atomic E-state index is 13.0. The Bertz CT molecular complexity index is 780. The fourth-order valence-electron chi connectivity index (χ4n) is 2.43. The van der Waals surface area contributed by atoms with Crippen molar-refractivity contribution in [2.75, 3.05) is 7.05 Å². The zero-order valence-electron chi connectivity index (χ0n) is 16.5. The van der Waals surface area contributed by atoms with Crippen LogP contribution in [0.1, 0.15) is 41.8 Å². The molecule has 0 radical (unpaired) electrons. The van der Waals surface area contributed by atoms with E-state index in [0.717, 1.165) is 17.5 Å². The number of amides is 1. The molecule has 152 valence electrons. The number of guanidine groups is 1. The van der Waals surface area contributed by atoms with Gasteiger partial charge in [0.15, 0.2) is 5.96 Å². The van der Waals surface area contributed by atoms with E-state index in [9.17, 15) is 9.18 Å². The maximum atomic E-state index is 13.0. The monoisotopic (exact) mass is 498 g/mol. The Balaban J connectivity index is 0.00000392. The molecule has 1 unspecified atom stereocenters. The van der Waals surface area contributed by atoms with Gasteiger partial charge in [0.25, 0.3) is 5.91 Å².